The topological polar surface area (TPSA) is 6.48 Å². The van der Waals surface area contributed by atoms with Crippen LogP contribution in [0.1, 0.15) is 11.1 Å². The van der Waals surface area contributed by atoms with Gasteiger partial charge in [0.2, 0.25) is 0 Å². The molecule has 2 aliphatic rings. The van der Waals surface area contributed by atoms with E-state index in [1.54, 1.807) is 0 Å². The fourth-order valence-electron chi connectivity index (χ4n) is 5.80. The molecule has 0 bridgehead atoms. The Labute approximate surface area is 212 Å². The smallest absolute Gasteiger partial charge is 0.358 e. The Kier molecular flexibility index (Phi) is 3.95. The zero-order valence-electron chi connectivity index (χ0n) is 19.4. The zero-order valence-corrected chi connectivity index (χ0v) is 21.1. The molecule has 0 saturated carbocycles. The Morgan fingerprint density at radius 2 is 1.34 bits per heavy atom. The van der Waals surface area contributed by atoms with Gasteiger partial charge in [-0.15, -0.1) is 22.7 Å². The molecule has 35 heavy (non-hydrogen) atoms. The molecule has 0 aliphatic carbocycles. The third-order valence-electron chi connectivity index (χ3n) is 7.35. The monoisotopic (exact) mass is 484 g/mol. The number of rotatable bonds is 1. The standard InChI is InChI=1S/C30H21BN2S2/c1-18-11-14-20(15-12-18)32-28-22-8-4-6-10-26(22)35-30(28)33-24-16-13-19(2)17-23(24)27-21-7-3-5-9-25(21)34-29(27)31(32)33/h3-17H,1-2H3. The number of benzene rings is 4. The third-order valence-corrected chi connectivity index (χ3v) is 9.72. The third kappa shape index (κ3) is 2.60. The van der Waals surface area contributed by atoms with Crippen molar-refractivity contribution in [2.45, 2.75) is 13.8 Å². The van der Waals surface area contributed by atoms with Gasteiger partial charge in [0.15, 0.2) is 0 Å². The lowest BCUT2D eigenvalue weighted by Crippen LogP contribution is -2.54. The normalized spacial score (nSPS) is 13.8. The predicted molar refractivity (Wildman–Crippen MR) is 155 cm³/mol. The molecule has 0 spiro atoms. The van der Waals surface area contributed by atoms with Crippen LogP contribution in [-0.4, -0.2) is 6.98 Å². The minimum Gasteiger partial charge on any atom is -0.358 e. The summed E-state index contributed by atoms with van der Waals surface area (Å²) in [6.07, 6.45) is 0. The first-order chi connectivity index (χ1) is 17.2. The molecular formula is C30H21BN2S2. The van der Waals surface area contributed by atoms with Gasteiger partial charge in [-0.2, -0.15) is 0 Å². The number of aryl methyl sites for hydroxylation is 2. The average Bonchev–Trinajstić information content (AvgIpc) is 3.53. The van der Waals surface area contributed by atoms with Gasteiger partial charge in [-0.25, -0.2) is 0 Å². The Bertz CT molecular complexity index is 1800. The van der Waals surface area contributed by atoms with Crippen molar-refractivity contribution in [1.82, 2.24) is 0 Å². The van der Waals surface area contributed by atoms with Gasteiger partial charge in [0.05, 0.1) is 5.69 Å². The van der Waals surface area contributed by atoms with Gasteiger partial charge in [-0.3, -0.25) is 0 Å². The molecule has 0 fully saturated rings. The number of thiophene rings is 2. The number of hydrogen-bond acceptors (Lipinski definition) is 4. The first-order valence-electron chi connectivity index (χ1n) is 12.0. The zero-order chi connectivity index (χ0) is 23.3. The fraction of sp³-hybridized carbons (Fsp3) is 0.0667. The second-order valence-corrected chi connectivity index (χ2v) is 11.7. The SMILES string of the molecule is Cc1ccc(N2B3c4sc5ccccc5c4-c4cc(C)ccc4N3c3sc4ccccc4c32)cc1. The lowest BCUT2D eigenvalue weighted by Gasteiger charge is -2.35. The van der Waals surface area contributed by atoms with E-state index in [0.717, 1.165) is 0 Å². The molecule has 5 heteroatoms. The first-order valence-corrected chi connectivity index (χ1v) is 13.6. The van der Waals surface area contributed by atoms with E-state index in [0.29, 0.717) is 0 Å². The number of anilines is 4. The van der Waals surface area contributed by atoms with Crippen molar-refractivity contribution in [1.29, 1.82) is 0 Å². The summed E-state index contributed by atoms with van der Waals surface area (Å²) < 4.78 is 4.12. The van der Waals surface area contributed by atoms with Crippen LogP contribution >= 0.6 is 22.7 Å². The second-order valence-electron chi connectivity index (χ2n) is 9.56. The molecule has 0 radical (unpaired) electrons. The van der Waals surface area contributed by atoms with Crippen LogP contribution in [-0.2, 0) is 0 Å². The Morgan fingerprint density at radius 1 is 0.657 bits per heavy atom. The molecule has 0 N–H and O–H groups in total. The molecule has 2 aromatic heterocycles. The minimum atomic E-state index is 0.103. The second kappa shape index (κ2) is 7.00. The Balaban J connectivity index is 1.51. The highest BCUT2D eigenvalue weighted by molar-refractivity contribution is 7.32. The maximum atomic E-state index is 2.60. The van der Waals surface area contributed by atoms with E-state index in [1.807, 2.05) is 22.7 Å². The van der Waals surface area contributed by atoms with Crippen LogP contribution in [0.25, 0.3) is 31.3 Å². The summed E-state index contributed by atoms with van der Waals surface area (Å²) in [6, 6.07) is 33.8. The van der Waals surface area contributed by atoms with Gasteiger partial charge in [-0.05, 0) is 55.6 Å². The Morgan fingerprint density at radius 3 is 2.14 bits per heavy atom. The van der Waals surface area contributed by atoms with Crippen molar-refractivity contribution < 1.29 is 0 Å². The molecule has 0 unspecified atom stereocenters. The van der Waals surface area contributed by atoms with E-state index >= 15 is 0 Å². The maximum absolute atomic E-state index is 2.60. The van der Waals surface area contributed by atoms with Crippen molar-refractivity contribution in [2.24, 2.45) is 0 Å². The van der Waals surface area contributed by atoms with Crippen molar-refractivity contribution in [3.63, 3.8) is 0 Å². The molecule has 0 saturated heterocycles. The maximum Gasteiger partial charge on any atom is 0.432 e. The number of nitrogens with zero attached hydrogens (tertiary/aromatic N) is 2. The summed E-state index contributed by atoms with van der Waals surface area (Å²) >= 11 is 3.86. The van der Waals surface area contributed by atoms with Gasteiger partial charge in [0, 0.05) is 42.1 Å². The van der Waals surface area contributed by atoms with E-state index in [9.17, 15) is 0 Å². The van der Waals surface area contributed by atoms with Crippen LogP contribution in [0.2, 0.25) is 0 Å². The lowest BCUT2D eigenvalue weighted by atomic mass is 9.64. The van der Waals surface area contributed by atoms with E-state index in [2.05, 4.69) is 114 Å². The average molecular weight is 484 g/mol. The number of hydrogen-bond donors (Lipinski definition) is 0. The first kappa shape index (κ1) is 19.7. The summed E-state index contributed by atoms with van der Waals surface area (Å²) in [5.74, 6) is 0. The molecule has 4 heterocycles. The summed E-state index contributed by atoms with van der Waals surface area (Å²) in [5.41, 5.74) is 9.22. The van der Waals surface area contributed by atoms with Crippen LogP contribution in [0.5, 0.6) is 0 Å². The van der Waals surface area contributed by atoms with Crippen LogP contribution in [0, 0.1) is 13.8 Å². The summed E-state index contributed by atoms with van der Waals surface area (Å²) in [7, 11) is 0. The minimum absolute atomic E-state index is 0.103. The van der Waals surface area contributed by atoms with Crippen molar-refractivity contribution in [3.05, 3.63) is 102 Å². The van der Waals surface area contributed by atoms with Crippen molar-refractivity contribution in [2.75, 3.05) is 9.62 Å². The van der Waals surface area contributed by atoms with Crippen LogP contribution < -0.4 is 14.4 Å². The lowest BCUT2D eigenvalue weighted by molar-refractivity contribution is 1.37. The fourth-order valence-corrected chi connectivity index (χ4v) is 8.33. The molecule has 2 aliphatic heterocycles. The number of fused-ring (bicyclic) bond motifs is 12. The molecule has 0 amide bonds. The molecule has 6 aromatic rings. The highest BCUT2D eigenvalue weighted by atomic mass is 32.1. The van der Waals surface area contributed by atoms with Gasteiger partial charge < -0.3 is 9.62 Å². The molecular weight excluding hydrogens is 463 g/mol. The largest absolute Gasteiger partial charge is 0.432 e. The van der Waals surface area contributed by atoms with Gasteiger partial charge in [0.25, 0.3) is 0 Å². The van der Waals surface area contributed by atoms with Gasteiger partial charge >= 0.3 is 6.98 Å². The van der Waals surface area contributed by atoms with Gasteiger partial charge in [0.1, 0.15) is 5.00 Å². The summed E-state index contributed by atoms with van der Waals surface area (Å²) in [5, 5.41) is 4.03. The van der Waals surface area contributed by atoms with E-state index in [4.69, 9.17) is 0 Å². The molecule has 4 aromatic carbocycles. The van der Waals surface area contributed by atoms with E-state index in [1.165, 1.54) is 69.3 Å². The molecule has 0 atom stereocenters. The van der Waals surface area contributed by atoms with E-state index < -0.39 is 0 Å². The summed E-state index contributed by atoms with van der Waals surface area (Å²) in [4.78, 5) is 5.19. The van der Waals surface area contributed by atoms with Gasteiger partial charge in [-0.1, -0.05) is 65.7 Å². The quantitative estimate of drug-likeness (QED) is 0.216. The predicted octanol–water partition coefficient (Wildman–Crippen LogP) is 8.40. The van der Waals surface area contributed by atoms with E-state index in [-0.39, 0.29) is 6.98 Å². The molecule has 2 nitrogen and oxygen atoms in total. The molecule has 8 rings (SSSR count). The summed E-state index contributed by atoms with van der Waals surface area (Å²) in [6.45, 7) is 4.47. The highest BCUT2D eigenvalue weighted by Gasteiger charge is 2.51. The van der Waals surface area contributed by atoms with Crippen LogP contribution in [0.15, 0.2) is 91.0 Å². The molecule has 166 valence electrons. The van der Waals surface area contributed by atoms with Crippen LogP contribution in [0.3, 0.4) is 0 Å². The van der Waals surface area contributed by atoms with Crippen molar-refractivity contribution >= 4 is 76.7 Å². The van der Waals surface area contributed by atoms with Crippen LogP contribution in [0.4, 0.5) is 22.1 Å². The highest BCUT2D eigenvalue weighted by Crippen LogP contribution is 2.58. The van der Waals surface area contributed by atoms with Crippen molar-refractivity contribution in [3.8, 4) is 11.1 Å². The Hall–Kier alpha value is -3.54.